The van der Waals surface area contributed by atoms with E-state index < -0.39 is 0 Å². The fourth-order valence-electron chi connectivity index (χ4n) is 5.93. The number of esters is 1. The molecule has 0 amide bonds. The van der Waals surface area contributed by atoms with Crippen molar-refractivity contribution in [2.45, 2.75) is 174 Å². The third-order valence-electron chi connectivity index (χ3n) is 8.60. The van der Waals surface area contributed by atoms with Gasteiger partial charge in [-0.3, -0.25) is 4.98 Å². The third kappa shape index (κ3) is 18.3. The lowest BCUT2D eigenvalue weighted by atomic mass is 10.0. The van der Waals surface area contributed by atoms with Crippen molar-refractivity contribution in [2.75, 3.05) is 6.61 Å². The topological polar surface area (TPSA) is 39.2 Å². The first-order valence-electron chi connectivity index (χ1n) is 17.8. The smallest absolute Gasteiger partial charge is 0.338 e. The summed E-state index contributed by atoms with van der Waals surface area (Å²) in [5, 5.41) is 0.866. The van der Waals surface area contributed by atoms with Crippen molar-refractivity contribution in [2.24, 2.45) is 0 Å². The number of benzene rings is 1. The molecule has 232 valence electrons. The molecule has 41 heavy (non-hydrogen) atoms. The number of ether oxygens (including phenoxy) is 1. The van der Waals surface area contributed by atoms with E-state index >= 15 is 0 Å². The van der Waals surface area contributed by atoms with E-state index in [1.807, 2.05) is 24.3 Å². The van der Waals surface area contributed by atoms with Crippen molar-refractivity contribution < 1.29 is 9.53 Å². The Kier molecular flexibility index (Phi) is 22.2. The van der Waals surface area contributed by atoms with Gasteiger partial charge < -0.3 is 4.74 Å². The van der Waals surface area contributed by atoms with Gasteiger partial charge in [0.1, 0.15) is 0 Å². The first kappa shape index (κ1) is 35.3. The number of fused-ring (bicyclic) bond motifs is 1. The number of aromatic nitrogens is 1. The molecule has 0 saturated carbocycles. The van der Waals surface area contributed by atoms with Crippen LogP contribution in [0.1, 0.15) is 184 Å². The van der Waals surface area contributed by atoms with Gasteiger partial charge >= 0.3 is 5.97 Å². The summed E-state index contributed by atoms with van der Waals surface area (Å²) in [4.78, 5) is 16.8. The van der Waals surface area contributed by atoms with E-state index in [4.69, 9.17) is 4.74 Å². The van der Waals surface area contributed by atoms with Crippen LogP contribution in [0.15, 0.2) is 36.5 Å². The fraction of sp³-hybridized carbons (Fsp3) is 0.737. The average Bonchev–Trinajstić information content (AvgIpc) is 3.00. The van der Waals surface area contributed by atoms with Crippen molar-refractivity contribution in [1.82, 2.24) is 4.98 Å². The maximum Gasteiger partial charge on any atom is 0.338 e. The highest BCUT2D eigenvalue weighted by molar-refractivity contribution is 6.03. The molecule has 3 heteroatoms. The van der Waals surface area contributed by atoms with E-state index in [1.54, 1.807) is 12.3 Å². The summed E-state index contributed by atoms with van der Waals surface area (Å²) in [6.45, 7) is 2.81. The zero-order chi connectivity index (χ0) is 29.1. The molecule has 0 aliphatic rings. The van der Waals surface area contributed by atoms with E-state index in [0.29, 0.717) is 12.2 Å². The van der Waals surface area contributed by atoms with Crippen LogP contribution in [0.25, 0.3) is 10.9 Å². The number of nitrogens with zero attached hydrogens (tertiary/aromatic N) is 1. The summed E-state index contributed by atoms with van der Waals surface area (Å²) in [5.74, 6) is -0.233. The summed E-state index contributed by atoms with van der Waals surface area (Å²) in [5.41, 5.74) is 1.45. The number of carbonyl (C=O) groups excluding carboxylic acids is 1. The van der Waals surface area contributed by atoms with Crippen molar-refractivity contribution in [3.63, 3.8) is 0 Å². The highest BCUT2D eigenvalue weighted by Crippen LogP contribution is 2.18. The number of carbonyl (C=O) groups is 1. The van der Waals surface area contributed by atoms with Crippen LogP contribution >= 0.6 is 0 Å². The Balaban J connectivity index is 1.24. The largest absolute Gasteiger partial charge is 0.462 e. The predicted octanol–water partition coefficient (Wildman–Crippen LogP) is 12.6. The Morgan fingerprint density at radius 2 is 0.927 bits per heavy atom. The Hall–Kier alpha value is -1.90. The summed E-state index contributed by atoms with van der Waals surface area (Å²) in [6.07, 6.45) is 38.0. The van der Waals surface area contributed by atoms with Crippen molar-refractivity contribution >= 4 is 16.9 Å². The van der Waals surface area contributed by atoms with Crippen LogP contribution in [0.5, 0.6) is 0 Å². The fourth-order valence-corrected chi connectivity index (χ4v) is 5.93. The number of rotatable bonds is 28. The molecule has 0 atom stereocenters. The summed E-state index contributed by atoms with van der Waals surface area (Å²) in [6, 6.07) is 9.48. The normalized spacial score (nSPS) is 11.3. The molecule has 0 radical (unpaired) electrons. The molecule has 1 aromatic carbocycles. The standard InChI is InChI=1S/C38H63NO2/c1-2-3-4-5-6-7-8-9-10-11-12-13-14-15-16-17-18-19-20-21-22-23-24-25-26-29-34-41-38(40)36-32-33-39-37-31-28-27-30-35(36)37/h27-28,30-33H,2-26,29,34H2,1H3. The molecule has 0 fully saturated rings. The van der Waals surface area contributed by atoms with Crippen LogP contribution < -0.4 is 0 Å². The lowest BCUT2D eigenvalue weighted by Crippen LogP contribution is -2.07. The second-order valence-corrected chi connectivity index (χ2v) is 12.4. The second-order valence-electron chi connectivity index (χ2n) is 12.4. The van der Waals surface area contributed by atoms with Crippen LogP contribution in [0.4, 0.5) is 0 Å². The Morgan fingerprint density at radius 3 is 1.37 bits per heavy atom. The van der Waals surface area contributed by atoms with Gasteiger partial charge in [-0.2, -0.15) is 0 Å². The minimum atomic E-state index is -0.233. The van der Waals surface area contributed by atoms with Crippen LogP contribution in [0.3, 0.4) is 0 Å². The van der Waals surface area contributed by atoms with Gasteiger partial charge in [0.15, 0.2) is 0 Å². The van der Waals surface area contributed by atoms with Crippen LogP contribution in [0, 0.1) is 0 Å². The SMILES string of the molecule is CCCCCCCCCCCCCCCCCCCCCCCCCCCCOC(=O)c1ccnc2ccccc12. The molecular weight excluding hydrogens is 502 g/mol. The first-order valence-corrected chi connectivity index (χ1v) is 17.8. The van der Waals surface area contributed by atoms with E-state index in [-0.39, 0.29) is 5.97 Å². The first-order chi connectivity index (χ1) is 20.3. The number of unbranched alkanes of at least 4 members (excludes halogenated alkanes) is 25. The quantitative estimate of drug-likeness (QED) is 0.0760. The summed E-state index contributed by atoms with van der Waals surface area (Å²) < 4.78 is 5.52. The van der Waals surface area contributed by atoms with Crippen LogP contribution in [-0.4, -0.2) is 17.6 Å². The zero-order valence-electron chi connectivity index (χ0n) is 26.8. The van der Waals surface area contributed by atoms with Crippen molar-refractivity contribution in [1.29, 1.82) is 0 Å². The highest BCUT2D eigenvalue weighted by Gasteiger charge is 2.11. The van der Waals surface area contributed by atoms with Gasteiger partial charge in [0.2, 0.25) is 0 Å². The van der Waals surface area contributed by atoms with E-state index in [2.05, 4.69) is 11.9 Å². The van der Waals surface area contributed by atoms with Crippen molar-refractivity contribution in [3.8, 4) is 0 Å². The predicted molar refractivity (Wildman–Crippen MR) is 178 cm³/mol. The van der Waals surface area contributed by atoms with E-state index in [1.165, 1.54) is 154 Å². The lowest BCUT2D eigenvalue weighted by Gasteiger charge is -2.07. The monoisotopic (exact) mass is 565 g/mol. The molecule has 2 aromatic rings. The minimum Gasteiger partial charge on any atom is -0.462 e. The van der Waals surface area contributed by atoms with E-state index in [0.717, 1.165) is 23.7 Å². The van der Waals surface area contributed by atoms with E-state index in [9.17, 15) is 4.79 Å². The van der Waals surface area contributed by atoms with Gasteiger partial charge in [-0.15, -0.1) is 0 Å². The average molecular weight is 566 g/mol. The summed E-state index contributed by atoms with van der Waals surface area (Å²) >= 11 is 0. The maximum absolute atomic E-state index is 12.5. The Bertz CT molecular complexity index is 874. The molecule has 0 aliphatic heterocycles. The molecule has 1 aromatic heterocycles. The molecule has 2 rings (SSSR count). The molecule has 0 aliphatic carbocycles. The van der Waals surface area contributed by atoms with Gasteiger partial charge in [-0.05, 0) is 18.6 Å². The molecule has 3 nitrogen and oxygen atoms in total. The lowest BCUT2D eigenvalue weighted by molar-refractivity contribution is 0.0500. The van der Waals surface area contributed by atoms with Crippen molar-refractivity contribution in [3.05, 3.63) is 42.1 Å². The summed E-state index contributed by atoms with van der Waals surface area (Å²) in [7, 11) is 0. The van der Waals surface area contributed by atoms with Crippen LogP contribution in [0.2, 0.25) is 0 Å². The number of hydrogen-bond acceptors (Lipinski definition) is 3. The van der Waals surface area contributed by atoms with Crippen LogP contribution in [-0.2, 0) is 4.74 Å². The molecule has 1 heterocycles. The Labute approximate surface area is 253 Å². The second kappa shape index (κ2) is 25.8. The Morgan fingerprint density at radius 1 is 0.537 bits per heavy atom. The molecule has 0 N–H and O–H groups in total. The van der Waals surface area contributed by atoms with Gasteiger partial charge in [0.25, 0.3) is 0 Å². The molecule has 0 unspecified atom stereocenters. The number of pyridine rings is 1. The molecule has 0 saturated heterocycles. The van der Waals surface area contributed by atoms with Gasteiger partial charge in [-0.1, -0.05) is 186 Å². The van der Waals surface area contributed by atoms with Gasteiger partial charge in [-0.25, -0.2) is 4.79 Å². The molecule has 0 spiro atoms. The number of para-hydroxylation sites is 1. The maximum atomic E-state index is 12.5. The van der Waals surface area contributed by atoms with Gasteiger partial charge in [0, 0.05) is 11.6 Å². The minimum absolute atomic E-state index is 0.233. The highest BCUT2D eigenvalue weighted by atomic mass is 16.5. The molecule has 0 bridgehead atoms. The molecular formula is C38H63NO2. The number of hydrogen-bond donors (Lipinski definition) is 0. The zero-order valence-corrected chi connectivity index (χ0v) is 26.8. The van der Waals surface area contributed by atoms with Gasteiger partial charge in [0.05, 0.1) is 17.7 Å². The third-order valence-corrected chi connectivity index (χ3v) is 8.60.